The van der Waals surface area contributed by atoms with Gasteiger partial charge in [0.2, 0.25) is 5.91 Å². The van der Waals surface area contributed by atoms with Crippen molar-refractivity contribution in [3.05, 3.63) is 40.8 Å². The Kier molecular flexibility index (Phi) is 3.46. The number of anilines is 2. The molecule has 1 aromatic carbocycles. The lowest BCUT2D eigenvalue weighted by Gasteiger charge is -2.20. The van der Waals surface area contributed by atoms with E-state index in [1.807, 2.05) is 40.1 Å². The van der Waals surface area contributed by atoms with Crippen molar-refractivity contribution in [2.45, 2.75) is 19.4 Å². The molecule has 2 heterocycles. The molecule has 0 spiro atoms. The minimum atomic E-state index is 0.211. The minimum Gasteiger partial charge on any atom is -0.378 e. The van der Waals surface area contributed by atoms with Crippen LogP contribution in [-0.4, -0.2) is 17.4 Å². The number of hydrogen-bond donors (Lipinski definition) is 1. The summed E-state index contributed by atoms with van der Waals surface area (Å²) in [5.74, 6) is 0.211. The lowest BCUT2D eigenvalue weighted by atomic mass is 10.2. The molecule has 0 aliphatic carbocycles. The van der Waals surface area contributed by atoms with E-state index in [2.05, 4.69) is 10.3 Å². The Balaban J connectivity index is 1.79. The van der Waals surface area contributed by atoms with Gasteiger partial charge in [-0.25, -0.2) is 4.98 Å². The van der Waals surface area contributed by atoms with Crippen molar-refractivity contribution < 1.29 is 4.79 Å². The third-order valence-electron chi connectivity index (χ3n) is 3.21. The molecular weight excluding hydrogens is 258 g/mol. The van der Waals surface area contributed by atoms with Crippen molar-refractivity contribution >= 4 is 28.6 Å². The van der Waals surface area contributed by atoms with Crippen LogP contribution >= 0.6 is 11.3 Å². The smallest absolute Gasteiger partial charge is 0.227 e. The number of nitrogens with one attached hydrogen (secondary N) is 1. The van der Waals surface area contributed by atoms with Crippen LogP contribution in [0.5, 0.6) is 0 Å². The van der Waals surface area contributed by atoms with Crippen LogP contribution in [0.25, 0.3) is 0 Å². The summed E-state index contributed by atoms with van der Waals surface area (Å²) >= 11 is 1.59. The number of benzene rings is 1. The fraction of sp³-hybridized carbons (Fsp3) is 0.286. The van der Waals surface area contributed by atoms with Crippen molar-refractivity contribution in [3.63, 3.8) is 0 Å². The Hall–Kier alpha value is -1.88. The minimum absolute atomic E-state index is 0.211. The zero-order valence-corrected chi connectivity index (χ0v) is 11.3. The topological polar surface area (TPSA) is 45.2 Å². The molecule has 1 aromatic heterocycles. The Bertz CT molecular complexity index is 568. The molecule has 1 aliphatic rings. The van der Waals surface area contributed by atoms with E-state index in [-0.39, 0.29) is 5.91 Å². The summed E-state index contributed by atoms with van der Waals surface area (Å²) in [5.41, 5.74) is 4.81. The third-order valence-corrected chi connectivity index (χ3v) is 3.85. The van der Waals surface area contributed by atoms with Crippen LogP contribution in [0.2, 0.25) is 0 Å². The van der Waals surface area contributed by atoms with Gasteiger partial charge >= 0.3 is 0 Å². The van der Waals surface area contributed by atoms with Gasteiger partial charge < -0.3 is 10.2 Å². The highest BCUT2D eigenvalue weighted by Gasteiger charge is 2.23. The molecule has 0 saturated carbocycles. The van der Waals surface area contributed by atoms with Gasteiger partial charge in [0, 0.05) is 18.3 Å². The van der Waals surface area contributed by atoms with E-state index in [4.69, 9.17) is 0 Å². The van der Waals surface area contributed by atoms with Crippen molar-refractivity contribution in [1.29, 1.82) is 0 Å². The molecule has 0 bridgehead atoms. The van der Waals surface area contributed by atoms with Gasteiger partial charge in [0.05, 0.1) is 29.1 Å². The van der Waals surface area contributed by atoms with E-state index < -0.39 is 0 Å². The molecule has 19 heavy (non-hydrogen) atoms. The molecule has 0 radical (unpaired) electrons. The van der Waals surface area contributed by atoms with Gasteiger partial charge in [0.25, 0.3) is 0 Å². The highest BCUT2D eigenvalue weighted by Crippen LogP contribution is 2.29. The zero-order chi connectivity index (χ0) is 13.1. The molecule has 1 amide bonds. The van der Waals surface area contributed by atoms with Crippen LogP contribution in [0.15, 0.2) is 35.2 Å². The highest BCUT2D eigenvalue weighted by molar-refractivity contribution is 7.07. The first kappa shape index (κ1) is 12.2. The first-order valence-corrected chi connectivity index (χ1v) is 7.29. The van der Waals surface area contributed by atoms with E-state index in [0.29, 0.717) is 13.0 Å². The standard InChI is InChI=1S/C14H15N3OS/c18-14-6-3-7-17(14)13-5-2-1-4-12(13)15-8-11-9-19-10-16-11/h1-2,4-5,9-10,15H,3,6-8H2. The summed E-state index contributed by atoms with van der Waals surface area (Å²) in [6.45, 7) is 1.50. The van der Waals surface area contributed by atoms with E-state index >= 15 is 0 Å². The molecule has 1 N–H and O–H groups in total. The number of carbonyl (C=O) groups excluding carboxylic acids is 1. The van der Waals surface area contributed by atoms with Gasteiger partial charge in [-0.15, -0.1) is 11.3 Å². The second-order valence-electron chi connectivity index (χ2n) is 4.50. The van der Waals surface area contributed by atoms with Gasteiger partial charge in [0.1, 0.15) is 0 Å². The van der Waals surface area contributed by atoms with Gasteiger partial charge in [-0.1, -0.05) is 12.1 Å². The molecular formula is C14H15N3OS. The van der Waals surface area contributed by atoms with Gasteiger partial charge in [-0.2, -0.15) is 0 Å². The average Bonchev–Trinajstić information content (AvgIpc) is 3.08. The zero-order valence-electron chi connectivity index (χ0n) is 10.5. The fourth-order valence-corrected chi connectivity index (χ4v) is 2.83. The Morgan fingerprint density at radius 2 is 2.26 bits per heavy atom. The summed E-state index contributed by atoms with van der Waals surface area (Å²) in [4.78, 5) is 18.0. The van der Waals surface area contributed by atoms with Crippen molar-refractivity contribution in [1.82, 2.24) is 4.98 Å². The summed E-state index contributed by atoms with van der Waals surface area (Å²) < 4.78 is 0. The molecule has 5 heteroatoms. The lowest BCUT2D eigenvalue weighted by Crippen LogP contribution is -2.24. The van der Waals surface area contributed by atoms with Gasteiger partial charge in [-0.3, -0.25) is 4.79 Å². The maximum atomic E-state index is 11.8. The quantitative estimate of drug-likeness (QED) is 0.931. The Morgan fingerprint density at radius 3 is 3.00 bits per heavy atom. The molecule has 3 rings (SSSR count). The normalized spacial score (nSPS) is 14.9. The summed E-state index contributed by atoms with van der Waals surface area (Å²) in [6, 6.07) is 7.95. The molecule has 1 fully saturated rings. The van der Waals surface area contributed by atoms with Crippen LogP contribution in [0.3, 0.4) is 0 Å². The lowest BCUT2D eigenvalue weighted by molar-refractivity contribution is -0.117. The molecule has 1 aliphatic heterocycles. The number of thiazole rings is 1. The van der Waals surface area contributed by atoms with E-state index in [1.54, 1.807) is 11.3 Å². The Morgan fingerprint density at radius 1 is 1.37 bits per heavy atom. The number of para-hydroxylation sites is 2. The van der Waals surface area contributed by atoms with Crippen LogP contribution < -0.4 is 10.2 Å². The van der Waals surface area contributed by atoms with E-state index in [9.17, 15) is 4.79 Å². The summed E-state index contributed by atoms with van der Waals surface area (Å²) in [5, 5.41) is 5.39. The van der Waals surface area contributed by atoms with Crippen molar-refractivity contribution in [3.8, 4) is 0 Å². The van der Waals surface area contributed by atoms with E-state index in [1.165, 1.54) is 0 Å². The fourth-order valence-electron chi connectivity index (χ4n) is 2.27. The van der Waals surface area contributed by atoms with Crippen LogP contribution in [-0.2, 0) is 11.3 Å². The maximum Gasteiger partial charge on any atom is 0.227 e. The number of rotatable bonds is 4. The molecule has 2 aromatic rings. The first-order valence-electron chi connectivity index (χ1n) is 6.35. The number of carbonyl (C=O) groups is 1. The van der Waals surface area contributed by atoms with E-state index in [0.717, 1.165) is 30.0 Å². The number of hydrogen-bond acceptors (Lipinski definition) is 4. The molecule has 0 atom stereocenters. The molecule has 1 saturated heterocycles. The molecule has 4 nitrogen and oxygen atoms in total. The monoisotopic (exact) mass is 273 g/mol. The second kappa shape index (κ2) is 5.40. The predicted octanol–water partition coefficient (Wildman–Crippen LogP) is 2.88. The third kappa shape index (κ3) is 2.61. The number of amides is 1. The number of aromatic nitrogens is 1. The van der Waals surface area contributed by atoms with Crippen LogP contribution in [0.1, 0.15) is 18.5 Å². The maximum absolute atomic E-state index is 11.8. The summed E-state index contributed by atoms with van der Waals surface area (Å²) in [7, 11) is 0. The van der Waals surface area contributed by atoms with Crippen molar-refractivity contribution in [2.24, 2.45) is 0 Å². The Labute approximate surface area is 116 Å². The van der Waals surface area contributed by atoms with Crippen molar-refractivity contribution in [2.75, 3.05) is 16.8 Å². The number of nitrogens with zero attached hydrogens (tertiary/aromatic N) is 2. The highest BCUT2D eigenvalue weighted by atomic mass is 32.1. The van der Waals surface area contributed by atoms with Crippen LogP contribution in [0, 0.1) is 0 Å². The molecule has 98 valence electrons. The first-order chi connectivity index (χ1) is 9.34. The predicted molar refractivity (Wildman–Crippen MR) is 77.5 cm³/mol. The average molecular weight is 273 g/mol. The van der Waals surface area contributed by atoms with Gasteiger partial charge in [0.15, 0.2) is 0 Å². The van der Waals surface area contributed by atoms with Crippen LogP contribution in [0.4, 0.5) is 11.4 Å². The second-order valence-corrected chi connectivity index (χ2v) is 5.22. The van der Waals surface area contributed by atoms with Gasteiger partial charge in [-0.05, 0) is 18.6 Å². The largest absolute Gasteiger partial charge is 0.378 e. The molecule has 0 unspecified atom stereocenters. The summed E-state index contributed by atoms with van der Waals surface area (Å²) in [6.07, 6.45) is 1.60. The SMILES string of the molecule is O=C1CCCN1c1ccccc1NCc1cscn1.